The molecule has 0 bridgehead atoms. The Morgan fingerprint density at radius 1 is 1.15 bits per heavy atom. The molecule has 0 amide bonds. The first kappa shape index (κ1) is 14.8. The summed E-state index contributed by atoms with van der Waals surface area (Å²) in [6.07, 6.45) is 0.281. The van der Waals surface area contributed by atoms with E-state index in [0.29, 0.717) is 0 Å². The molecule has 0 N–H and O–H groups in total. The largest absolute Gasteiger partial charge is 0.140 e. The highest BCUT2D eigenvalue weighted by molar-refractivity contribution is 6.62. The molecule has 0 aromatic rings. The zero-order valence-electron chi connectivity index (χ0n) is 6.14. The topological polar surface area (TPSA) is 0 Å². The Labute approximate surface area is 112 Å². The Morgan fingerprint density at radius 3 is 1.92 bits per heavy atom. The van der Waals surface area contributed by atoms with Gasteiger partial charge in [-0.25, -0.2) is 0 Å². The maximum Gasteiger partial charge on any atom is 0.140 e. The minimum absolute atomic E-state index is 0.0140. The summed E-state index contributed by atoms with van der Waals surface area (Å²) < 4.78 is -1.42. The van der Waals surface area contributed by atoms with Gasteiger partial charge in [0.2, 0.25) is 0 Å². The van der Waals surface area contributed by atoms with Gasteiger partial charge >= 0.3 is 0 Å². The minimum atomic E-state index is -1.27. The van der Waals surface area contributed by atoms with Crippen molar-refractivity contribution in [3.05, 3.63) is 9.52 Å². The molecule has 0 aliphatic rings. The van der Waals surface area contributed by atoms with E-state index in [1.54, 1.807) is 0 Å². The fraction of sp³-hybridized carbons (Fsp3) is 0.667. The van der Waals surface area contributed by atoms with Gasteiger partial charge in [-0.2, -0.15) is 0 Å². The molecule has 0 rings (SSSR count). The summed E-state index contributed by atoms with van der Waals surface area (Å²) in [5, 5.41) is -0.860. The van der Waals surface area contributed by atoms with Crippen LogP contribution in [0.25, 0.3) is 0 Å². The van der Waals surface area contributed by atoms with Gasteiger partial charge in [0, 0.05) is 5.88 Å². The highest BCUT2D eigenvalue weighted by atomic mass is 35.5. The summed E-state index contributed by atoms with van der Waals surface area (Å²) >= 11 is 39.4. The molecule has 0 nitrogen and oxygen atoms in total. The third-order valence-corrected chi connectivity index (χ3v) is 4.14. The van der Waals surface area contributed by atoms with E-state index in [0.717, 1.165) is 0 Å². The average Bonchev–Trinajstić information content (AvgIpc) is 2.01. The molecule has 0 heterocycles. The number of halogens is 7. The Hall–Kier alpha value is 1.77. The van der Waals surface area contributed by atoms with E-state index >= 15 is 0 Å². The molecule has 0 aromatic heterocycles. The summed E-state index contributed by atoms with van der Waals surface area (Å²) in [6.45, 7) is 0. The van der Waals surface area contributed by atoms with E-state index in [-0.39, 0.29) is 21.8 Å². The summed E-state index contributed by atoms with van der Waals surface area (Å²) in [5.74, 6) is 0.264. The zero-order valence-corrected chi connectivity index (χ0v) is 11.4. The molecule has 0 spiro atoms. The molecule has 7 heteroatoms. The van der Waals surface area contributed by atoms with E-state index in [2.05, 4.69) is 0 Å². The third kappa shape index (κ3) is 4.88. The monoisotopic (exact) mass is 322 g/mol. The Bertz CT molecular complexity index is 193. The van der Waals surface area contributed by atoms with E-state index in [9.17, 15) is 0 Å². The predicted molar refractivity (Wildman–Crippen MR) is 64.0 cm³/mol. The quantitative estimate of drug-likeness (QED) is 0.617. The van der Waals surface area contributed by atoms with Gasteiger partial charge < -0.3 is 0 Å². The van der Waals surface area contributed by atoms with Gasteiger partial charge in [-0.05, 0) is 6.42 Å². The van der Waals surface area contributed by atoms with Crippen molar-refractivity contribution in [1.29, 1.82) is 0 Å². The van der Waals surface area contributed by atoms with Gasteiger partial charge in [0.25, 0.3) is 0 Å². The number of hydrogen-bond donors (Lipinski definition) is 0. The second-order valence-corrected chi connectivity index (χ2v) is 5.88. The zero-order chi connectivity index (χ0) is 10.6. The van der Waals surface area contributed by atoms with Gasteiger partial charge in [-0.3, -0.25) is 0 Å². The highest BCUT2D eigenvalue weighted by Crippen LogP contribution is 2.40. The first-order valence-corrected chi connectivity index (χ1v) is 5.97. The lowest BCUT2D eigenvalue weighted by Crippen LogP contribution is -2.27. The van der Waals surface area contributed by atoms with Crippen LogP contribution < -0.4 is 0 Å². The summed E-state index contributed by atoms with van der Waals surface area (Å²) in [4.78, 5) is 0. The van der Waals surface area contributed by atoms with Crippen LogP contribution in [0.15, 0.2) is 9.52 Å². The standard InChI is InChI=1S/C6H5Cl7/c7-2-1-6(12,13)4(9)3(8)5(10)11/h4H,1-2H2. The van der Waals surface area contributed by atoms with Crippen LogP contribution in [0.1, 0.15) is 6.42 Å². The van der Waals surface area contributed by atoms with Crippen LogP contribution in [0.2, 0.25) is 0 Å². The molecule has 0 saturated carbocycles. The molecule has 0 saturated heterocycles. The van der Waals surface area contributed by atoms with Crippen molar-refractivity contribution < 1.29 is 0 Å². The van der Waals surface area contributed by atoms with Crippen LogP contribution in [0, 0.1) is 0 Å². The summed E-state index contributed by atoms with van der Waals surface area (Å²) in [6, 6.07) is 0. The summed E-state index contributed by atoms with van der Waals surface area (Å²) in [7, 11) is 0. The molecule has 0 fully saturated rings. The van der Waals surface area contributed by atoms with Crippen LogP contribution in [-0.2, 0) is 0 Å². The van der Waals surface area contributed by atoms with Crippen molar-refractivity contribution in [3.63, 3.8) is 0 Å². The Morgan fingerprint density at radius 2 is 1.62 bits per heavy atom. The average molecular weight is 325 g/mol. The highest BCUT2D eigenvalue weighted by Gasteiger charge is 2.36. The lowest BCUT2D eigenvalue weighted by molar-refractivity contribution is 0.759. The normalized spacial score (nSPS) is 14.1. The Balaban J connectivity index is 4.58. The number of rotatable bonds is 4. The molecule has 1 unspecified atom stereocenters. The number of hydrogen-bond acceptors (Lipinski definition) is 0. The fourth-order valence-corrected chi connectivity index (χ4v) is 2.28. The number of allylic oxidation sites excluding steroid dienone is 1. The van der Waals surface area contributed by atoms with Crippen LogP contribution in [0.5, 0.6) is 0 Å². The summed E-state index contributed by atoms with van der Waals surface area (Å²) in [5.41, 5.74) is 0. The van der Waals surface area contributed by atoms with Crippen LogP contribution in [0.3, 0.4) is 0 Å². The smallest absolute Gasteiger partial charge is 0.127 e. The second-order valence-electron chi connectivity index (χ2n) is 2.17. The second kappa shape index (κ2) is 6.37. The maximum absolute atomic E-state index is 5.84. The van der Waals surface area contributed by atoms with Crippen molar-refractivity contribution in [3.8, 4) is 0 Å². The van der Waals surface area contributed by atoms with Gasteiger partial charge in [0.15, 0.2) is 0 Å². The first-order valence-electron chi connectivity index (χ1n) is 3.11. The molecule has 0 aliphatic heterocycles. The SMILES string of the molecule is ClCCC(Cl)(Cl)C(Cl)C(Cl)=C(Cl)Cl. The van der Waals surface area contributed by atoms with Crippen LogP contribution >= 0.6 is 81.2 Å². The molecular weight excluding hydrogens is 320 g/mol. The fourth-order valence-electron chi connectivity index (χ4n) is 0.534. The predicted octanol–water partition coefficient (Wildman–Crippen LogP) is 5.28. The maximum atomic E-state index is 5.84. The van der Waals surface area contributed by atoms with Crippen molar-refractivity contribution >= 4 is 81.2 Å². The lowest BCUT2D eigenvalue weighted by atomic mass is 10.2. The van der Waals surface area contributed by atoms with E-state index < -0.39 is 9.71 Å². The van der Waals surface area contributed by atoms with Gasteiger partial charge in [0.1, 0.15) is 14.2 Å². The van der Waals surface area contributed by atoms with Crippen molar-refractivity contribution in [2.75, 3.05) is 5.88 Å². The molecule has 78 valence electrons. The van der Waals surface area contributed by atoms with Crippen molar-refractivity contribution in [2.45, 2.75) is 16.1 Å². The van der Waals surface area contributed by atoms with E-state index in [4.69, 9.17) is 81.2 Å². The minimum Gasteiger partial charge on any atom is -0.127 e. The van der Waals surface area contributed by atoms with E-state index in [1.807, 2.05) is 0 Å². The van der Waals surface area contributed by atoms with Crippen LogP contribution in [-0.4, -0.2) is 15.6 Å². The lowest BCUT2D eigenvalue weighted by Gasteiger charge is -2.23. The van der Waals surface area contributed by atoms with Crippen LogP contribution in [0.4, 0.5) is 0 Å². The van der Waals surface area contributed by atoms with Crippen molar-refractivity contribution in [1.82, 2.24) is 0 Å². The Kier molecular flexibility index (Phi) is 7.24. The van der Waals surface area contributed by atoms with Gasteiger partial charge in [-0.1, -0.05) is 58.0 Å². The van der Waals surface area contributed by atoms with Gasteiger partial charge in [-0.15, -0.1) is 23.2 Å². The first-order chi connectivity index (χ1) is 5.83. The molecular formula is C6H5Cl7. The van der Waals surface area contributed by atoms with Crippen molar-refractivity contribution in [2.24, 2.45) is 0 Å². The molecule has 0 aliphatic carbocycles. The molecule has 0 radical (unpaired) electrons. The molecule has 1 atom stereocenters. The van der Waals surface area contributed by atoms with E-state index in [1.165, 1.54) is 0 Å². The van der Waals surface area contributed by atoms with Gasteiger partial charge in [0.05, 0.1) is 5.03 Å². The third-order valence-electron chi connectivity index (χ3n) is 1.20. The molecule has 13 heavy (non-hydrogen) atoms. The molecule has 0 aromatic carbocycles. The number of alkyl halides is 4.